The zero-order chi connectivity index (χ0) is 10.7. The van der Waals surface area contributed by atoms with E-state index in [-0.39, 0.29) is 18.1 Å². The van der Waals surface area contributed by atoms with E-state index in [1.807, 2.05) is 4.90 Å². The summed E-state index contributed by atoms with van der Waals surface area (Å²) in [6.45, 7) is 2.42. The number of ether oxygens (including phenoxy) is 1. The summed E-state index contributed by atoms with van der Waals surface area (Å²) in [7, 11) is 0. The second-order valence-corrected chi connectivity index (χ2v) is 4.58. The quantitative estimate of drug-likeness (QED) is 0.725. The summed E-state index contributed by atoms with van der Waals surface area (Å²) in [4.78, 5) is 13.8. The maximum Gasteiger partial charge on any atom is 0.225 e. The summed E-state index contributed by atoms with van der Waals surface area (Å²) in [5, 5.41) is 0. The first-order valence-corrected chi connectivity index (χ1v) is 5.90. The summed E-state index contributed by atoms with van der Waals surface area (Å²) < 4.78 is 5.46. The first-order chi connectivity index (χ1) is 7.25. The van der Waals surface area contributed by atoms with Crippen molar-refractivity contribution in [3.63, 3.8) is 0 Å². The molecule has 4 heteroatoms. The predicted molar refractivity (Wildman–Crippen MR) is 57.4 cm³/mol. The molecule has 0 aromatic heterocycles. The third-order valence-corrected chi connectivity index (χ3v) is 3.24. The number of piperidine rings is 1. The lowest BCUT2D eigenvalue weighted by Crippen LogP contribution is -2.46. The number of amides is 1. The van der Waals surface area contributed by atoms with Gasteiger partial charge in [0.25, 0.3) is 0 Å². The number of likely N-dealkylation sites (tertiary alicyclic amines) is 1. The Balaban J connectivity index is 1.78. The maximum atomic E-state index is 11.9. The van der Waals surface area contributed by atoms with Gasteiger partial charge in [0.1, 0.15) is 0 Å². The minimum atomic E-state index is 0.163. The van der Waals surface area contributed by atoms with Gasteiger partial charge in [-0.1, -0.05) is 0 Å². The lowest BCUT2D eigenvalue weighted by molar-refractivity contribution is -0.134. The van der Waals surface area contributed by atoms with Gasteiger partial charge in [0.2, 0.25) is 5.91 Å². The number of nitrogens with two attached hydrogens (primary N) is 1. The van der Waals surface area contributed by atoms with Crippen molar-refractivity contribution in [1.82, 2.24) is 4.90 Å². The number of hydrogen-bond donors (Lipinski definition) is 1. The largest absolute Gasteiger partial charge is 0.378 e. The van der Waals surface area contributed by atoms with Gasteiger partial charge in [-0.25, -0.2) is 0 Å². The van der Waals surface area contributed by atoms with Crippen LogP contribution in [0, 0.1) is 0 Å². The predicted octanol–water partition coefficient (Wildman–Crippen LogP) is 0.505. The Bertz CT molecular complexity index is 227. The SMILES string of the molecule is NC1CCCN(C(=O)CC2CCCO2)C1. The van der Waals surface area contributed by atoms with Crippen LogP contribution in [0.15, 0.2) is 0 Å². The molecule has 1 amide bonds. The van der Waals surface area contributed by atoms with E-state index in [1.54, 1.807) is 0 Å². The minimum Gasteiger partial charge on any atom is -0.378 e. The fourth-order valence-corrected chi connectivity index (χ4v) is 2.37. The van der Waals surface area contributed by atoms with Gasteiger partial charge in [-0.3, -0.25) is 4.79 Å². The van der Waals surface area contributed by atoms with E-state index in [0.29, 0.717) is 6.42 Å². The van der Waals surface area contributed by atoms with Crippen molar-refractivity contribution >= 4 is 5.91 Å². The number of carbonyl (C=O) groups is 1. The maximum absolute atomic E-state index is 11.9. The molecular weight excluding hydrogens is 192 g/mol. The fraction of sp³-hybridized carbons (Fsp3) is 0.909. The first kappa shape index (κ1) is 10.9. The molecule has 0 aromatic rings. The lowest BCUT2D eigenvalue weighted by atomic mass is 10.1. The van der Waals surface area contributed by atoms with Crippen LogP contribution in [0.25, 0.3) is 0 Å². The molecule has 0 spiro atoms. The van der Waals surface area contributed by atoms with Gasteiger partial charge in [0.15, 0.2) is 0 Å². The van der Waals surface area contributed by atoms with Crippen LogP contribution in [0.3, 0.4) is 0 Å². The molecular formula is C11H20N2O2. The van der Waals surface area contributed by atoms with Crippen molar-refractivity contribution < 1.29 is 9.53 Å². The van der Waals surface area contributed by atoms with Gasteiger partial charge in [0, 0.05) is 25.7 Å². The van der Waals surface area contributed by atoms with E-state index >= 15 is 0 Å². The normalized spacial score (nSPS) is 31.9. The number of nitrogens with zero attached hydrogens (tertiary/aromatic N) is 1. The molecule has 4 nitrogen and oxygen atoms in total. The number of hydrogen-bond acceptors (Lipinski definition) is 3. The van der Waals surface area contributed by atoms with Crippen molar-refractivity contribution in [2.45, 2.75) is 44.2 Å². The highest BCUT2D eigenvalue weighted by molar-refractivity contribution is 5.76. The minimum absolute atomic E-state index is 0.163. The summed E-state index contributed by atoms with van der Waals surface area (Å²) >= 11 is 0. The van der Waals surface area contributed by atoms with Crippen LogP contribution in [0.2, 0.25) is 0 Å². The zero-order valence-electron chi connectivity index (χ0n) is 9.15. The first-order valence-electron chi connectivity index (χ1n) is 5.90. The second-order valence-electron chi connectivity index (χ2n) is 4.58. The number of carbonyl (C=O) groups excluding carboxylic acids is 1. The third-order valence-electron chi connectivity index (χ3n) is 3.24. The summed E-state index contributed by atoms with van der Waals surface area (Å²) in [6, 6.07) is 0.173. The van der Waals surface area contributed by atoms with Gasteiger partial charge in [-0.05, 0) is 25.7 Å². The fourth-order valence-electron chi connectivity index (χ4n) is 2.37. The average molecular weight is 212 g/mol. The Kier molecular flexibility index (Phi) is 3.59. The Morgan fingerprint density at radius 3 is 2.93 bits per heavy atom. The molecule has 0 aliphatic carbocycles. The van der Waals surface area contributed by atoms with Gasteiger partial charge in [0.05, 0.1) is 12.5 Å². The Hall–Kier alpha value is -0.610. The van der Waals surface area contributed by atoms with E-state index in [1.165, 1.54) is 0 Å². The topological polar surface area (TPSA) is 55.6 Å². The smallest absolute Gasteiger partial charge is 0.225 e. The average Bonchev–Trinajstić information content (AvgIpc) is 2.70. The molecule has 0 saturated carbocycles. The molecule has 2 rings (SSSR count). The summed E-state index contributed by atoms with van der Waals surface area (Å²) in [5.41, 5.74) is 5.85. The molecule has 2 N–H and O–H groups in total. The van der Waals surface area contributed by atoms with Crippen LogP contribution in [0.1, 0.15) is 32.1 Å². The van der Waals surface area contributed by atoms with Crippen LogP contribution in [-0.4, -0.2) is 42.6 Å². The van der Waals surface area contributed by atoms with E-state index in [0.717, 1.165) is 45.4 Å². The molecule has 2 saturated heterocycles. The lowest BCUT2D eigenvalue weighted by Gasteiger charge is -2.31. The zero-order valence-corrected chi connectivity index (χ0v) is 9.15. The summed E-state index contributed by atoms with van der Waals surface area (Å²) in [5.74, 6) is 0.219. The Morgan fingerprint density at radius 1 is 1.40 bits per heavy atom. The molecule has 2 aliphatic heterocycles. The molecule has 0 radical (unpaired) electrons. The monoisotopic (exact) mass is 212 g/mol. The van der Waals surface area contributed by atoms with Crippen molar-refractivity contribution in [2.75, 3.05) is 19.7 Å². The Labute approximate surface area is 90.8 Å². The van der Waals surface area contributed by atoms with E-state index < -0.39 is 0 Å². The molecule has 2 atom stereocenters. The van der Waals surface area contributed by atoms with Crippen LogP contribution < -0.4 is 5.73 Å². The molecule has 2 fully saturated rings. The highest BCUT2D eigenvalue weighted by Crippen LogP contribution is 2.18. The molecule has 2 unspecified atom stereocenters. The molecule has 2 heterocycles. The van der Waals surface area contributed by atoms with Crippen molar-refractivity contribution in [1.29, 1.82) is 0 Å². The molecule has 15 heavy (non-hydrogen) atoms. The van der Waals surface area contributed by atoms with Crippen LogP contribution in [0.5, 0.6) is 0 Å². The van der Waals surface area contributed by atoms with Crippen molar-refractivity contribution in [3.05, 3.63) is 0 Å². The van der Waals surface area contributed by atoms with Gasteiger partial charge in [-0.15, -0.1) is 0 Å². The Morgan fingerprint density at radius 2 is 2.27 bits per heavy atom. The number of rotatable bonds is 2. The van der Waals surface area contributed by atoms with Crippen LogP contribution in [0.4, 0.5) is 0 Å². The molecule has 0 bridgehead atoms. The highest BCUT2D eigenvalue weighted by Gasteiger charge is 2.25. The van der Waals surface area contributed by atoms with Gasteiger partial charge in [-0.2, -0.15) is 0 Å². The third kappa shape index (κ3) is 2.92. The van der Waals surface area contributed by atoms with Gasteiger partial charge >= 0.3 is 0 Å². The van der Waals surface area contributed by atoms with E-state index in [4.69, 9.17) is 10.5 Å². The van der Waals surface area contributed by atoms with Gasteiger partial charge < -0.3 is 15.4 Å². The molecule has 86 valence electrons. The second kappa shape index (κ2) is 4.94. The summed E-state index contributed by atoms with van der Waals surface area (Å²) in [6.07, 6.45) is 4.92. The van der Waals surface area contributed by atoms with E-state index in [9.17, 15) is 4.79 Å². The van der Waals surface area contributed by atoms with Crippen LogP contribution in [-0.2, 0) is 9.53 Å². The standard InChI is InChI=1S/C11H20N2O2/c12-9-3-1-5-13(8-9)11(14)7-10-4-2-6-15-10/h9-10H,1-8,12H2. The van der Waals surface area contributed by atoms with Crippen molar-refractivity contribution in [2.24, 2.45) is 5.73 Å². The highest BCUT2D eigenvalue weighted by atomic mass is 16.5. The van der Waals surface area contributed by atoms with Crippen LogP contribution >= 0.6 is 0 Å². The molecule has 0 aromatic carbocycles. The van der Waals surface area contributed by atoms with E-state index in [2.05, 4.69) is 0 Å². The van der Waals surface area contributed by atoms with Crippen molar-refractivity contribution in [3.8, 4) is 0 Å². The molecule has 2 aliphatic rings.